The number of nitrogens with zero attached hydrogens (tertiary/aromatic N) is 11. The van der Waals surface area contributed by atoms with Crippen LogP contribution in [0.5, 0.6) is 5.75 Å². The smallest absolute Gasteiger partial charge is 0.261 e. The molecule has 0 saturated heterocycles. The molecule has 0 N–H and O–H groups in total. The predicted molar refractivity (Wildman–Crippen MR) is 176 cm³/mol. The summed E-state index contributed by atoms with van der Waals surface area (Å²) in [5.41, 5.74) is 4.77. The van der Waals surface area contributed by atoms with Crippen molar-refractivity contribution in [2.75, 3.05) is 0 Å². The molecule has 2 aliphatic heterocycles. The van der Waals surface area contributed by atoms with Gasteiger partial charge in [0.1, 0.15) is 29.4 Å². The third-order valence-corrected chi connectivity index (χ3v) is 8.58. The van der Waals surface area contributed by atoms with Gasteiger partial charge in [0.25, 0.3) is 23.6 Å². The van der Waals surface area contributed by atoms with E-state index in [-0.39, 0.29) is 43.3 Å². The average Bonchev–Trinajstić information content (AvgIpc) is 3.98. The Hall–Kier alpha value is -6.84. The normalized spacial score (nSPS) is 13.7. The van der Waals surface area contributed by atoms with Gasteiger partial charge in [0.05, 0.1) is 67.0 Å². The number of amides is 4. The third kappa shape index (κ3) is 6.14. The van der Waals surface area contributed by atoms with E-state index < -0.39 is 0 Å². The monoisotopic (exact) mass is 683 g/mol. The second kappa shape index (κ2) is 12.9. The quantitative estimate of drug-likeness (QED) is 0.173. The summed E-state index contributed by atoms with van der Waals surface area (Å²) in [4.78, 5) is 53.8. The molecule has 0 radical (unpaired) electrons. The lowest BCUT2D eigenvalue weighted by Gasteiger charge is -2.12. The molecule has 4 amide bonds. The Bertz CT molecular complexity index is 2140. The van der Waals surface area contributed by atoms with Gasteiger partial charge in [0.2, 0.25) is 0 Å². The topological polar surface area (TPSA) is 176 Å². The highest BCUT2D eigenvalue weighted by Gasteiger charge is 2.36. The van der Waals surface area contributed by atoms with Gasteiger partial charge in [-0.3, -0.25) is 33.7 Å². The van der Waals surface area contributed by atoms with Crippen molar-refractivity contribution in [1.29, 1.82) is 0 Å². The van der Waals surface area contributed by atoms with Crippen LogP contribution in [0.3, 0.4) is 0 Å². The maximum Gasteiger partial charge on any atom is 0.261 e. The molecule has 5 heterocycles. The second-order valence-electron chi connectivity index (χ2n) is 12.1. The number of hydrogen-bond acceptors (Lipinski definition) is 11. The van der Waals surface area contributed by atoms with Gasteiger partial charge in [-0.1, -0.05) is 46.0 Å². The standard InChI is InChI=1S/C35H29N11O5/c1-2-42-18-26(38-39-42)21-51-27-12-22(14-43-16-24(36-40-43)19-45-32(47)28-7-3-4-8-29(28)33(45)48)11-23(13-27)15-44-17-25(37-41-44)20-46-34(49)30-9-5-6-10-31(30)35(46)50/h3-13,16-18H,2,14-15,19-21H2,1H3. The van der Waals surface area contributed by atoms with E-state index >= 15 is 0 Å². The first kappa shape index (κ1) is 31.4. The van der Waals surface area contributed by atoms with Crippen molar-refractivity contribution in [3.05, 3.63) is 136 Å². The molecule has 2 aliphatic rings. The van der Waals surface area contributed by atoms with E-state index in [1.54, 1.807) is 75.0 Å². The number of hydrogen-bond donors (Lipinski definition) is 0. The maximum absolute atomic E-state index is 12.9. The van der Waals surface area contributed by atoms with Crippen molar-refractivity contribution in [3.63, 3.8) is 0 Å². The number of carbonyl (C=O) groups excluding carboxylic acids is 4. The van der Waals surface area contributed by atoms with Crippen molar-refractivity contribution in [3.8, 4) is 5.75 Å². The number of aryl methyl sites for hydroxylation is 1. The van der Waals surface area contributed by atoms with Gasteiger partial charge >= 0.3 is 0 Å². The Labute approximate surface area is 289 Å². The van der Waals surface area contributed by atoms with Crippen molar-refractivity contribution in [2.24, 2.45) is 0 Å². The van der Waals surface area contributed by atoms with Crippen LogP contribution < -0.4 is 4.74 Å². The van der Waals surface area contributed by atoms with E-state index in [2.05, 4.69) is 30.9 Å². The van der Waals surface area contributed by atoms with Crippen LogP contribution >= 0.6 is 0 Å². The molecule has 6 aromatic rings. The molecule has 8 rings (SSSR count). The molecule has 3 aromatic heterocycles. The number of imide groups is 2. The highest BCUT2D eigenvalue weighted by Crippen LogP contribution is 2.26. The first-order valence-electron chi connectivity index (χ1n) is 16.2. The van der Waals surface area contributed by atoms with Crippen LogP contribution in [0.25, 0.3) is 0 Å². The Kier molecular flexibility index (Phi) is 7.94. The fraction of sp³-hybridized carbons (Fsp3) is 0.200. The van der Waals surface area contributed by atoms with E-state index in [0.717, 1.165) is 11.1 Å². The summed E-state index contributed by atoms with van der Waals surface area (Å²) in [7, 11) is 0. The molecule has 0 bridgehead atoms. The number of aromatic nitrogens is 9. The van der Waals surface area contributed by atoms with Crippen LogP contribution in [0, 0.1) is 0 Å². The molecule has 0 aliphatic carbocycles. The maximum atomic E-state index is 12.9. The second-order valence-corrected chi connectivity index (χ2v) is 12.1. The zero-order valence-corrected chi connectivity index (χ0v) is 27.3. The Balaban J connectivity index is 0.991. The largest absolute Gasteiger partial charge is 0.487 e. The number of fused-ring (bicyclic) bond motifs is 2. The Morgan fingerprint density at radius 2 is 0.941 bits per heavy atom. The lowest BCUT2D eigenvalue weighted by atomic mass is 10.1. The Morgan fingerprint density at radius 1 is 0.529 bits per heavy atom. The molecule has 3 aromatic carbocycles. The predicted octanol–water partition coefficient (Wildman–Crippen LogP) is 2.75. The van der Waals surface area contributed by atoms with Crippen molar-refractivity contribution in [2.45, 2.75) is 46.3 Å². The van der Waals surface area contributed by atoms with Gasteiger partial charge in [0.15, 0.2) is 0 Å². The molecule has 0 saturated carbocycles. The summed E-state index contributed by atoms with van der Waals surface area (Å²) >= 11 is 0. The van der Waals surface area contributed by atoms with Crippen LogP contribution in [0.2, 0.25) is 0 Å². The van der Waals surface area contributed by atoms with Crippen molar-refractivity contribution < 1.29 is 23.9 Å². The first-order valence-corrected chi connectivity index (χ1v) is 16.2. The number of carbonyl (C=O) groups is 4. The number of benzene rings is 3. The third-order valence-electron chi connectivity index (χ3n) is 8.58. The van der Waals surface area contributed by atoms with Crippen LogP contribution in [0.15, 0.2) is 85.3 Å². The van der Waals surface area contributed by atoms with E-state index in [1.165, 1.54) is 9.80 Å². The zero-order valence-electron chi connectivity index (χ0n) is 27.3. The zero-order chi connectivity index (χ0) is 35.1. The van der Waals surface area contributed by atoms with E-state index in [0.29, 0.717) is 64.7 Å². The SMILES string of the molecule is CCn1cc(COc2cc(Cn3cc(CN4C(=O)c5ccccc5C4=O)nn3)cc(Cn3cc(CN4C(=O)c5ccccc5C4=O)nn3)c2)nn1. The highest BCUT2D eigenvalue weighted by molar-refractivity contribution is 6.21. The van der Waals surface area contributed by atoms with Gasteiger partial charge in [-0.2, -0.15) is 0 Å². The van der Waals surface area contributed by atoms with Crippen LogP contribution in [0.4, 0.5) is 0 Å². The fourth-order valence-electron chi connectivity index (χ4n) is 6.15. The van der Waals surface area contributed by atoms with E-state index in [4.69, 9.17) is 4.74 Å². The highest BCUT2D eigenvalue weighted by atomic mass is 16.5. The molecular formula is C35H29N11O5. The minimum atomic E-state index is -0.362. The minimum Gasteiger partial charge on any atom is -0.487 e. The van der Waals surface area contributed by atoms with Gasteiger partial charge in [-0.05, 0) is 54.4 Å². The molecule has 254 valence electrons. The number of rotatable bonds is 12. The van der Waals surface area contributed by atoms with Crippen LogP contribution in [-0.2, 0) is 39.3 Å². The molecule has 16 nitrogen and oxygen atoms in total. The van der Waals surface area contributed by atoms with E-state index in [9.17, 15) is 19.2 Å². The summed E-state index contributed by atoms with van der Waals surface area (Å²) < 4.78 is 11.1. The molecule has 0 atom stereocenters. The van der Waals surface area contributed by atoms with Gasteiger partial charge in [-0.15, -0.1) is 15.3 Å². The molecule has 0 spiro atoms. The molecule has 51 heavy (non-hydrogen) atoms. The van der Waals surface area contributed by atoms with E-state index in [1.807, 2.05) is 31.3 Å². The van der Waals surface area contributed by atoms with Crippen molar-refractivity contribution in [1.82, 2.24) is 54.8 Å². The molecule has 0 unspecified atom stereocenters. The summed E-state index contributed by atoms with van der Waals surface area (Å²) in [6, 6.07) is 19.2. The van der Waals surface area contributed by atoms with Gasteiger partial charge in [-0.25, -0.2) is 9.36 Å². The Morgan fingerprint density at radius 3 is 1.37 bits per heavy atom. The van der Waals surface area contributed by atoms with Gasteiger partial charge < -0.3 is 4.74 Å². The van der Waals surface area contributed by atoms with Gasteiger partial charge in [0, 0.05) is 6.54 Å². The van der Waals surface area contributed by atoms with Crippen LogP contribution in [-0.4, -0.2) is 78.4 Å². The molecule has 0 fully saturated rings. The lowest BCUT2D eigenvalue weighted by molar-refractivity contribution is 0.0625. The molecular weight excluding hydrogens is 654 g/mol. The lowest BCUT2D eigenvalue weighted by Crippen LogP contribution is -2.29. The molecule has 16 heteroatoms. The average molecular weight is 684 g/mol. The number of ether oxygens (including phenoxy) is 1. The first-order chi connectivity index (χ1) is 24.8. The summed E-state index contributed by atoms with van der Waals surface area (Å²) in [6.45, 7) is 3.47. The summed E-state index contributed by atoms with van der Waals surface area (Å²) in [6.07, 6.45) is 5.22. The van der Waals surface area contributed by atoms with Crippen LogP contribution in [0.1, 0.15) is 76.6 Å². The summed E-state index contributed by atoms with van der Waals surface area (Å²) in [5.74, 6) is -0.874. The van der Waals surface area contributed by atoms with Crippen molar-refractivity contribution >= 4 is 23.6 Å². The summed E-state index contributed by atoms with van der Waals surface area (Å²) in [5, 5.41) is 25.2. The minimum absolute atomic E-state index is 0.00542. The fourth-order valence-corrected chi connectivity index (χ4v) is 6.15.